The van der Waals surface area contributed by atoms with Crippen LogP contribution in [0.3, 0.4) is 0 Å². The summed E-state index contributed by atoms with van der Waals surface area (Å²) in [6, 6.07) is 8.30. The van der Waals surface area contributed by atoms with E-state index in [9.17, 15) is 0 Å². The van der Waals surface area contributed by atoms with Gasteiger partial charge in [0, 0.05) is 18.9 Å². The van der Waals surface area contributed by atoms with Crippen molar-refractivity contribution in [1.29, 1.82) is 0 Å². The van der Waals surface area contributed by atoms with E-state index in [1.165, 1.54) is 0 Å². The number of rotatable bonds is 8. The summed E-state index contributed by atoms with van der Waals surface area (Å²) < 4.78 is 10.6. The molecule has 0 fully saturated rings. The average molecular weight is 289 g/mol. The molecule has 0 bridgehead atoms. The molecule has 5 nitrogen and oxygen atoms in total. The standard InChI is InChI=1S/C16H23N3O2/c1-4-6-13(17-2)11-16-18-15(19-21-16)10-12-7-5-8-14(9-12)20-3/h5,7-9,13,17H,4,6,10-11H2,1-3H3. The van der Waals surface area contributed by atoms with Gasteiger partial charge in [-0.3, -0.25) is 0 Å². The molecule has 0 aliphatic carbocycles. The molecule has 0 spiro atoms. The number of benzene rings is 1. The molecular weight excluding hydrogens is 266 g/mol. The highest BCUT2D eigenvalue weighted by Gasteiger charge is 2.13. The van der Waals surface area contributed by atoms with Crippen LogP contribution in [0, 0.1) is 0 Å². The SMILES string of the molecule is CCCC(Cc1nc(Cc2cccc(OC)c2)no1)NC. The highest BCUT2D eigenvalue weighted by molar-refractivity contribution is 5.30. The molecule has 114 valence electrons. The van der Waals surface area contributed by atoms with Crippen molar-refractivity contribution in [1.82, 2.24) is 15.5 Å². The second-order valence-electron chi connectivity index (χ2n) is 5.11. The zero-order chi connectivity index (χ0) is 15.1. The van der Waals surface area contributed by atoms with Crippen LogP contribution in [0.1, 0.15) is 37.0 Å². The van der Waals surface area contributed by atoms with E-state index in [0.717, 1.165) is 30.6 Å². The molecule has 1 aromatic heterocycles. The number of likely N-dealkylation sites (N-methyl/N-ethyl adjacent to an activating group) is 1. The fourth-order valence-electron chi connectivity index (χ4n) is 2.32. The molecule has 5 heteroatoms. The molecular formula is C16H23N3O2. The lowest BCUT2D eigenvalue weighted by molar-refractivity contribution is 0.352. The van der Waals surface area contributed by atoms with E-state index in [1.54, 1.807) is 7.11 Å². The van der Waals surface area contributed by atoms with Crippen LogP contribution in [0.5, 0.6) is 5.75 Å². The molecule has 0 saturated carbocycles. The number of ether oxygens (including phenoxy) is 1. The Labute approximate surface area is 125 Å². The van der Waals surface area contributed by atoms with Crippen LogP contribution >= 0.6 is 0 Å². The lowest BCUT2D eigenvalue weighted by atomic mass is 10.1. The summed E-state index contributed by atoms with van der Waals surface area (Å²) in [6.07, 6.45) is 3.66. The first kappa shape index (κ1) is 15.5. The van der Waals surface area contributed by atoms with Crippen molar-refractivity contribution in [2.45, 2.75) is 38.6 Å². The molecule has 1 N–H and O–H groups in total. The number of nitrogens with one attached hydrogen (secondary N) is 1. The van der Waals surface area contributed by atoms with Crippen LogP contribution in [-0.4, -0.2) is 30.3 Å². The molecule has 1 aromatic carbocycles. The summed E-state index contributed by atoms with van der Waals surface area (Å²) in [5, 5.41) is 7.34. The normalized spacial score (nSPS) is 12.3. The van der Waals surface area contributed by atoms with E-state index in [2.05, 4.69) is 22.4 Å². The summed E-state index contributed by atoms with van der Waals surface area (Å²) >= 11 is 0. The molecule has 0 aliphatic heterocycles. The van der Waals surface area contributed by atoms with Crippen LogP contribution in [0.4, 0.5) is 0 Å². The Hall–Kier alpha value is -1.88. The maximum atomic E-state index is 5.34. The van der Waals surface area contributed by atoms with Crippen LogP contribution in [-0.2, 0) is 12.8 Å². The number of nitrogens with zero attached hydrogens (tertiary/aromatic N) is 2. The predicted octanol–water partition coefficient (Wildman–Crippen LogP) is 2.60. The Morgan fingerprint density at radius 3 is 2.95 bits per heavy atom. The summed E-state index contributed by atoms with van der Waals surface area (Å²) in [7, 11) is 3.63. The van der Waals surface area contributed by atoms with E-state index >= 15 is 0 Å². The minimum Gasteiger partial charge on any atom is -0.497 e. The Morgan fingerprint density at radius 1 is 1.38 bits per heavy atom. The van der Waals surface area contributed by atoms with Gasteiger partial charge in [-0.05, 0) is 31.2 Å². The Kier molecular flexibility index (Phi) is 5.75. The molecule has 1 unspecified atom stereocenters. The van der Waals surface area contributed by atoms with Crippen LogP contribution < -0.4 is 10.1 Å². The molecule has 0 saturated heterocycles. The van der Waals surface area contributed by atoms with Crippen molar-refractivity contribution in [3.63, 3.8) is 0 Å². The summed E-state index contributed by atoms with van der Waals surface area (Å²) in [5.41, 5.74) is 1.11. The van der Waals surface area contributed by atoms with Crippen LogP contribution in [0.25, 0.3) is 0 Å². The first-order valence-electron chi connectivity index (χ1n) is 7.36. The maximum absolute atomic E-state index is 5.34. The molecule has 0 radical (unpaired) electrons. The third kappa shape index (κ3) is 4.56. The van der Waals surface area contributed by atoms with Gasteiger partial charge >= 0.3 is 0 Å². The highest BCUT2D eigenvalue weighted by atomic mass is 16.5. The van der Waals surface area contributed by atoms with Gasteiger partial charge in [0.15, 0.2) is 5.82 Å². The number of hydrogen-bond donors (Lipinski definition) is 1. The predicted molar refractivity (Wildman–Crippen MR) is 81.6 cm³/mol. The molecule has 2 rings (SSSR count). The van der Waals surface area contributed by atoms with Gasteiger partial charge in [0.05, 0.1) is 7.11 Å². The molecule has 2 aromatic rings. The minimum absolute atomic E-state index is 0.389. The summed E-state index contributed by atoms with van der Waals surface area (Å²) in [4.78, 5) is 4.47. The minimum atomic E-state index is 0.389. The van der Waals surface area contributed by atoms with Gasteiger partial charge < -0.3 is 14.6 Å². The topological polar surface area (TPSA) is 60.2 Å². The van der Waals surface area contributed by atoms with Crippen molar-refractivity contribution in [2.75, 3.05) is 14.2 Å². The smallest absolute Gasteiger partial charge is 0.228 e. The van der Waals surface area contributed by atoms with Gasteiger partial charge in [0.1, 0.15) is 5.75 Å². The lowest BCUT2D eigenvalue weighted by Crippen LogP contribution is -2.27. The quantitative estimate of drug-likeness (QED) is 0.809. The zero-order valence-corrected chi connectivity index (χ0v) is 12.9. The van der Waals surface area contributed by atoms with E-state index in [1.807, 2.05) is 31.3 Å². The van der Waals surface area contributed by atoms with Crippen molar-refractivity contribution in [3.8, 4) is 5.75 Å². The third-order valence-electron chi connectivity index (χ3n) is 3.47. The lowest BCUT2D eigenvalue weighted by Gasteiger charge is -2.11. The van der Waals surface area contributed by atoms with Crippen molar-refractivity contribution in [2.24, 2.45) is 0 Å². The van der Waals surface area contributed by atoms with E-state index < -0.39 is 0 Å². The fraction of sp³-hybridized carbons (Fsp3) is 0.500. The van der Waals surface area contributed by atoms with E-state index in [-0.39, 0.29) is 0 Å². The van der Waals surface area contributed by atoms with Gasteiger partial charge in [-0.1, -0.05) is 30.6 Å². The van der Waals surface area contributed by atoms with Crippen LogP contribution in [0.2, 0.25) is 0 Å². The first-order valence-corrected chi connectivity index (χ1v) is 7.36. The first-order chi connectivity index (χ1) is 10.2. The second kappa shape index (κ2) is 7.78. The molecule has 0 aliphatic rings. The van der Waals surface area contributed by atoms with Gasteiger partial charge in [-0.15, -0.1) is 0 Å². The molecule has 1 heterocycles. The van der Waals surface area contributed by atoms with Gasteiger partial charge in [0.25, 0.3) is 0 Å². The fourth-order valence-corrected chi connectivity index (χ4v) is 2.32. The largest absolute Gasteiger partial charge is 0.497 e. The Morgan fingerprint density at radius 2 is 2.24 bits per heavy atom. The third-order valence-corrected chi connectivity index (χ3v) is 3.47. The Balaban J connectivity index is 1.99. The van der Waals surface area contributed by atoms with E-state index in [4.69, 9.17) is 9.26 Å². The maximum Gasteiger partial charge on any atom is 0.228 e. The molecule has 1 atom stereocenters. The monoisotopic (exact) mass is 289 g/mol. The van der Waals surface area contributed by atoms with Gasteiger partial charge in [0.2, 0.25) is 5.89 Å². The van der Waals surface area contributed by atoms with Gasteiger partial charge in [-0.25, -0.2) is 0 Å². The summed E-state index contributed by atoms with van der Waals surface area (Å²) in [6.45, 7) is 2.17. The average Bonchev–Trinajstić information content (AvgIpc) is 2.94. The highest BCUT2D eigenvalue weighted by Crippen LogP contribution is 2.15. The van der Waals surface area contributed by atoms with Crippen molar-refractivity contribution in [3.05, 3.63) is 41.5 Å². The van der Waals surface area contributed by atoms with E-state index in [0.29, 0.717) is 24.2 Å². The van der Waals surface area contributed by atoms with Gasteiger partial charge in [-0.2, -0.15) is 4.98 Å². The Bertz CT molecular complexity index is 554. The molecule has 0 amide bonds. The summed E-state index contributed by atoms with van der Waals surface area (Å²) in [5.74, 6) is 2.25. The van der Waals surface area contributed by atoms with Crippen LogP contribution in [0.15, 0.2) is 28.8 Å². The van der Waals surface area contributed by atoms with Crippen molar-refractivity contribution < 1.29 is 9.26 Å². The second-order valence-corrected chi connectivity index (χ2v) is 5.11. The van der Waals surface area contributed by atoms with Crippen molar-refractivity contribution >= 4 is 0 Å². The zero-order valence-electron chi connectivity index (χ0n) is 12.9. The number of aromatic nitrogens is 2. The number of methoxy groups -OCH3 is 1. The molecule has 21 heavy (non-hydrogen) atoms. The number of hydrogen-bond acceptors (Lipinski definition) is 5.